The second-order valence-corrected chi connectivity index (χ2v) is 6.65. The van der Waals surface area contributed by atoms with E-state index in [9.17, 15) is 80.9 Å². The summed E-state index contributed by atoms with van der Waals surface area (Å²) in [5.41, 5.74) is -14.9. The molecule has 184 valence electrons. The van der Waals surface area contributed by atoms with Gasteiger partial charge in [0.05, 0.1) is 20.2 Å². The summed E-state index contributed by atoms with van der Waals surface area (Å²) in [5, 5.41) is 87.7. The normalized spacial score (nSPS) is 32.0. The van der Waals surface area contributed by atoms with Gasteiger partial charge in [-0.3, -0.25) is 60.7 Å². The van der Waals surface area contributed by atoms with Gasteiger partial charge in [-0.05, 0) is 0 Å². The zero-order valence-electron chi connectivity index (χ0n) is 15.3. The summed E-state index contributed by atoms with van der Waals surface area (Å²) in [5.74, 6) is -5.01. The van der Waals surface area contributed by atoms with Crippen molar-refractivity contribution in [3.63, 3.8) is 0 Å². The maximum Gasteiger partial charge on any atom is 0.640 e. The van der Waals surface area contributed by atoms with Crippen molar-refractivity contribution in [1.82, 2.24) is 20.5 Å². The molecule has 0 radical (unpaired) electrons. The van der Waals surface area contributed by atoms with Crippen molar-refractivity contribution in [1.29, 1.82) is 0 Å². The van der Waals surface area contributed by atoms with Crippen LogP contribution in [0.15, 0.2) is 0 Å². The van der Waals surface area contributed by atoms with Crippen LogP contribution in [0.2, 0.25) is 0 Å². The molecule has 4 saturated heterocycles. The lowest BCUT2D eigenvalue weighted by atomic mass is 9.65. The van der Waals surface area contributed by atoms with E-state index in [1.165, 1.54) is 0 Å². The van der Waals surface area contributed by atoms with Gasteiger partial charge in [-0.15, -0.1) is 0 Å². The van der Waals surface area contributed by atoms with Crippen LogP contribution in [0.3, 0.4) is 0 Å². The fraction of sp³-hybridized carbons (Fsp3) is 1.00. The summed E-state index contributed by atoms with van der Waals surface area (Å²) in [6.45, 7) is -5.06. The first kappa shape index (κ1) is 23.4. The molecular formula is C6H4N12O16. The molecule has 0 aromatic heterocycles. The fourth-order valence-electron chi connectivity index (χ4n) is 4.72. The predicted octanol–water partition coefficient (Wildman–Crippen LogP) is -4.19. The smallest absolute Gasteiger partial charge is 0.263 e. The fourth-order valence-corrected chi connectivity index (χ4v) is 4.72. The Hall–Kier alpha value is -5.28. The molecule has 4 aliphatic heterocycles. The first-order valence-electron chi connectivity index (χ1n) is 7.80. The van der Waals surface area contributed by atoms with Crippen molar-refractivity contribution < 1.29 is 39.6 Å². The Bertz CT molecular complexity index is 1090. The van der Waals surface area contributed by atoms with Gasteiger partial charge in [0.1, 0.15) is 19.7 Å². The van der Waals surface area contributed by atoms with Gasteiger partial charge in [0.15, 0.2) is 23.2 Å². The Kier molecular flexibility index (Phi) is 4.23. The molecule has 4 heterocycles. The second kappa shape index (κ2) is 6.15. The third-order valence-corrected chi connectivity index (χ3v) is 5.71. The summed E-state index contributed by atoms with van der Waals surface area (Å²) in [4.78, 5) is 81.4. The number of rotatable bonds is 8. The molecule has 0 amide bonds. The lowest BCUT2D eigenvalue weighted by Gasteiger charge is -2.56. The molecule has 4 atom stereocenters. The van der Waals surface area contributed by atoms with Gasteiger partial charge in [0, 0.05) is 10.1 Å². The quantitative estimate of drug-likeness (QED) is 0.173. The van der Waals surface area contributed by atoms with Crippen LogP contribution in [0.4, 0.5) is 0 Å². The molecular weight excluding hydrogens is 496 g/mol. The van der Waals surface area contributed by atoms with Crippen LogP contribution >= 0.6 is 0 Å². The average molecular weight is 500 g/mol. The van der Waals surface area contributed by atoms with Gasteiger partial charge in [-0.1, -0.05) is 0 Å². The summed E-state index contributed by atoms with van der Waals surface area (Å²) < 4.78 is 0. The van der Waals surface area contributed by atoms with Crippen LogP contribution in [0.5, 0.6) is 0 Å². The van der Waals surface area contributed by atoms with Gasteiger partial charge in [-0.25, -0.2) is 20.2 Å². The topological polar surface area (TPSA) is 358 Å². The van der Waals surface area contributed by atoms with Gasteiger partial charge >= 0.3 is 22.7 Å². The van der Waals surface area contributed by atoms with Crippen molar-refractivity contribution in [2.75, 3.05) is 13.1 Å². The monoisotopic (exact) mass is 500 g/mol. The Balaban J connectivity index is 2.76. The highest BCUT2D eigenvalue weighted by atomic mass is 16.8. The van der Waals surface area contributed by atoms with Crippen LogP contribution in [0.25, 0.3) is 0 Å². The standard InChI is InChI=1S/C6H4N12O16/c19-10(20)3-1-8-9(17(31)32)4(11(21)22,5(3,12(23)24)13(25)26)2-7(16(8)18(33)34)6(3,14(27)28)15(29)30/h1-2H2. The highest BCUT2D eigenvalue weighted by Gasteiger charge is 3.21. The van der Waals surface area contributed by atoms with E-state index in [1.54, 1.807) is 0 Å². The SMILES string of the molecule is O=[N+]([O-])N1N2CC3([N+](=O)[O-])C([N+](=O)[O-])([N+](=O)[O-])N1CC([N+](=O)[O-])(N2[N+](=O)[O-])C3([N+](=O)[O-])[N+](=O)[O-]. The molecule has 4 unspecified atom stereocenters. The van der Waals surface area contributed by atoms with E-state index in [2.05, 4.69) is 0 Å². The number of piperidine rings is 1. The first-order chi connectivity index (χ1) is 15.5. The van der Waals surface area contributed by atoms with E-state index in [0.29, 0.717) is 0 Å². The number of hydrogen-bond acceptors (Lipinski definition) is 18. The highest BCUT2D eigenvalue weighted by Crippen LogP contribution is 2.61. The van der Waals surface area contributed by atoms with E-state index in [0.717, 1.165) is 0 Å². The van der Waals surface area contributed by atoms with Crippen LogP contribution in [0.1, 0.15) is 0 Å². The Labute approximate surface area is 178 Å². The predicted molar refractivity (Wildman–Crippen MR) is 84.0 cm³/mol. The number of hydrogen-bond donors (Lipinski definition) is 0. The largest absolute Gasteiger partial charge is 0.640 e. The van der Waals surface area contributed by atoms with Gasteiger partial charge < -0.3 is 0 Å². The average Bonchev–Trinajstić information content (AvgIpc) is 2.65. The summed E-state index contributed by atoms with van der Waals surface area (Å²) in [7, 11) is 0. The molecule has 4 aliphatic rings. The summed E-state index contributed by atoms with van der Waals surface area (Å²) in [6.07, 6.45) is 0. The Morgan fingerprint density at radius 2 is 1.03 bits per heavy atom. The van der Waals surface area contributed by atoms with Crippen LogP contribution < -0.4 is 0 Å². The van der Waals surface area contributed by atoms with Crippen molar-refractivity contribution in [2.24, 2.45) is 0 Å². The molecule has 4 fully saturated rings. The Morgan fingerprint density at radius 3 is 1.32 bits per heavy atom. The first-order valence-corrected chi connectivity index (χ1v) is 7.80. The number of hydrazine groups is 5. The molecule has 28 heteroatoms. The molecule has 0 N–H and O–H groups in total. The minimum absolute atomic E-state index is 0.744. The Morgan fingerprint density at radius 1 is 0.559 bits per heavy atom. The molecule has 0 saturated carbocycles. The molecule has 4 rings (SSSR count). The third kappa shape index (κ3) is 1.78. The van der Waals surface area contributed by atoms with E-state index in [1.807, 2.05) is 0 Å². The van der Waals surface area contributed by atoms with E-state index in [-0.39, 0.29) is 0 Å². The highest BCUT2D eigenvalue weighted by molar-refractivity contribution is 5.20. The molecule has 0 aliphatic carbocycles. The maximum atomic E-state index is 12.2. The van der Waals surface area contributed by atoms with Crippen LogP contribution in [0, 0.1) is 80.9 Å². The summed E-state index contributed by atoms with van der Waals surface area (Å²) >= 11 is 0. The molecule has 28 nitrogen and oxygen atoms in total. The molecule has 0 spiro atoms. The summed E-state index contributed by atoms with van der Waals surface area (Å²) in [6, 6.07) is 0. The van der Waals surface area contributed by atoms with Crippen LogP contribution in [-0.4, -0.2) is 95.8 Å². The maximum absolute atomic E-state index is 12.2. The number of nitro groups is 8. The molecule has 34 heavy (non-hydrogen) atoms. The van der Waals surface area contributed by atoms with Gasteiger partial charge in [0.2, 0.25) is 0 Å². The van der Waals surface area contributed by atoms with Crippen molar-refractivity contribution >= 4 is 0 Å². The van der Waals surface area contributed by atoms with Crippen LogP contribution in [-0.2, 0) is 0 Å². The molecule has 0 aromatic carbocycles. The zero-order valence-corrected chi connectivity index (χ0v) is 15.3. The third-order valence-electron chi connectivity index (χ3n) is 5.71. The minimum atomic E-state index is -5.32. The van der Waals surface area contributed by atoms with Gasteiger partial charge in [0.25, 0.3) is 0 Å². The molecule has 4 bridgehead atoms. The lowest BCUT2D eigenvalue weighted by molar-refractivity contribution is -1.04. The minimum Gasteiger partial charge on any atom is -0.263 e. The van der Waals surface area contributed by atoms with Crippen molar-refractivity contribution in [2.45, 2.75) is 22.7 Å². The van der Waals surface area contributed by atoms with Crippen molar-refractivity contribution in [3.8, 4) is 0 Å². The van der Waals surface area contributed by atoms with Crippen molar-refractivity contribution in [3.05, 3.63) is 80.9 Å². The lowest BCUT2D eigenvalue weighted by Crippen LogP contribution is -3.08. The second-order valence-electron chi connectivity index (χ2n) is 6.65. The van der Waals surface area contributed by atoms with E-state index >= 15 is 0 Å². The van der Waals surface area contributed by atoms with E-state index in [4.69, 9.17) is 0 Å². The molecule has 0 aromatic rings. The number of nitrogens with zero attached hydrogens (tertiary/aromatic N) is 12. The zero-order chi connectivity index (χ0) is 26.3. The van der Waals surface area contributed by atoms with Gasteiger partial charge in [-0.2, -0.15) is 0 Å². The van der Waals surface area contributed by atoms with E-state index < -0.39 is 95.8 Å².